The molecule has 5 rings (SSSR count). The monoisotopic (exact) mass is 742 g/mol. The van der Waals surface area contributed by atoms with Gasteiger partial charge in [0, 0.05) is 0 Å². The molecule has 190 valence electrons. The molecule has 4 aromatic carbocycles. The number of benzene rings is 4. The van der Waals surface area contributed by atoms with E-state index in [0.29, 0.717) is 16.7 Å². The van der Waals surface area contributed by atoms with Gasteiger partial charge in [0.05, 0.1) is 23.4 Å². The van der Waals surface area contributed by atoms with Gasteiger partial charge in [-0.1, -0.05) is 65.7 Å². The van der Waals surface area contributed by atoms with Crippen molar-refractivity contribution in [1.82, 2.24) is 0 Å². The molecule has 4 nitrogen and oxygen atoms in total. The number of thioether (sulfide) groups is 1. The highest BCUT2D eigenvalue weighted by Gasteiger charge is 2.34. The van der Waals surface area contributed by atoms with Crippen LogP contribution in [0.4, 0.5) is 11.4 Å². The zero-order valence-corrected chi connectivity index (χ0v) is 26.0. The first-order valence-corrected chi connectivity index (χ1v) is 15.0. The Balaban J connectivity index is 1.46. The summed E-state index contributed by atoms with van der Waals surface area (Å²) in [4.78, 5) is 20.8. The Hall–Kier alpha value is -2.63. The Morgan fingerprint density at radius 2 is 1.47 bits per heavy atom. The number of aliphatic imine (C=N–C) groups is 1. The molecular weight excluding hydrogens is 718 g/mol. The number of amides is 1. The first-order valence-electron chi connectivity index (χ1n) is 12.0. The van der Waals surface area contributed by atoms with Crippen LogP contribution >= 0.6 is 56.9 Å². The van der Waals surface area contributed by atoms with E-state index in [1.807, 2.05) is 86.7 Å². The molecule has 0 N–H and O–H groups in total. The fourth-order valence-electron chi connectivity index (χ4n) is 3.88. The lowest BCUT2D eigenvalue weighted by molar-refractivity contribution is -0.113. The molecule has 0 aromatic heterocycles. The van der Waals surface area contributed by atoms with E-state index in [1.54, 1.807) is 4.90 Å². The number of hydrogen-bond donors (Lipinski definition) is 0. The SMILES string of the molecule is Cc1ccc(N=C2S/C(=C/c3cc(I)c(OCc4ccccc4)c(I)c3)C(=O)N2c2ccc(C)cc2)cc1. The summed E-state index contributed by atoms with van der Waals surface area (Å²) in [5.74, 6) is 0.768. The minimum atomic E-state index is -0.0841. The summed E-state index contributed by atoms with van der Waals surface area (Å²) in [5.41, 5.74) is 5.99. The molecule has 0 radical (unpaired) electrons. The Kier molecular flexibility index (Phi) is 8.54. The van der Waals surface area contributed by atoms with E-state index in [0.717, 1.165) is 41.0 Å². The standard InChI is InChI=1S/C31H24I2N2O2S/c1-20-8-12-24(13-9-20)34-31-35(25-14-10-21(2)11-15-25)30(36)28(38-31)18-23-16-26(32)29(27(33)17-23)37-19-22-6-4-3-5-7-22/h3-18H,19H2,1-2H3/b28-18+,34-31?. The number of hydrogen-bond acceptors (Lipinski definition) is 4. The largest absolute Gasteiger partial charge is 0.487 e. The second kappa shape index (κ2) is 12.0. The summed E-state index contributed by atoms with van der Waals surface area (Å²) in [6.45, 7) is 4.59. The van der Waals surface area contributed by atoms with E-state index in [-0.39, 0.29) is 5.91 Å². The van der Waals surface area contributed by atoms with Crippen LogP contribution in [-0.4, -0.2) is 11.1 Å². The lowest BCUT2D eigenvalue weighted by Gasteiger charge is -2.16. The van der Waals surface area contributed by atoms with Crippen LogP contribution in [0.15, 0.2) is 101 Å². The van der Waals surface area contributed by atoms with E-state index in [9.17, 15) is 4.79 Å². The van der Waals surface area contributed by atoms with Crippen LogP contribution in [0.1, 0.15) is 22.3 Å². The summed E-state index contributed by atoms with van der Waals surface area (Å²) in [7, 11) is 0. The number of ether oxygens (including phenoxy) is 1. The van der Waals surface area contributed by atoms with Crippen LogP contribution in [0, 0.1) is 21.0 Å². The van der Waals surface area contributed by atoms with Gasteiger partial charge in [-0.05, 0) is 124 Å². The van der Waals surface area contributed by atoms with Gasteiger partial charge in [-0.3, -0.25) is 9.69 Å². The van der Waals surface area contributed by atoms with E-state index < -0.39 is 0 Å². The maximum Gasteiger partial charge on any atom is 0.271 e. The third-order valence-electron chi connectivity index (χ3n) is 5.90. The molecule has 7 heteroatoms. The van der Waals surface area contributed by atoms with Crippen LogP contribution in [0.5, 0.6) is 5.75 Å². The second-order valence-electron chi connectivity index (χ2n) is 8.90. The van der Waals surface area contributed by atoms with Gasteiger partial charge in [0.2, 0.25) is 0 Å². The quantitative estimate of drug-likeness (QED) is 0.147. The van der Waals surface area contributed by atoms with Gasteiger partial charge in [0.25, 0.3) is 5.91 Å². The number of carbonyl (C=O) groups is 1. The number of amidine groups is 1. The van der Waals surface area contributed by atoms with E-state index in [4.69, 9.17) is 9.73 Å². The highest BCUT2D eigenvalue weighted by molar-refractivity contribution is 14.1. The Morgan fingerprint density at radius 3 is 2.11 bits per heavy atom. The van der Waals surface area contributed by atoms with Crippen molar-refractivity contribution in [3.63, 3.8) is 0 Å². The van der Waals surface area contributed by atoms with Crippen molar-refractivity contribution in [2.75, 3.05) is 4.90 Å². The van der Waals surface area contributed by atoms with E-state index in [2.05, 4.69) is 69.4 Å². The topological polar surface area (TPSA) is 41.9 Å². The summed E-state index contributed by atoms with van der Waals surface area (Å²) >= 11 is 5.99. The van der Waals surface area contributed by atoms with Crippen molar-refractivity contribution in [2.45, 2.75) is 20.5 Å². The highest BCUT2D eigenvalue weighted by atomic mass is 127. The minimum absolute atomic E-state index is 0.0841. The molecule has 4 aromatic rings. The van der Waals surface area contributed by atoms with Gasteiger partial charge in [-0.2, -0.15) is 0 Å². The predicted octanol–water partition coefficient (Wildman–Crippen LogP) is 8.90. The average Bonchev–Trinajstić information content (AvgIpc) is 3.20. The number of rotatable bonds is 6. The fraction of sp³-hybridized carbons (Fsp3) is 0.0968. The van der Waals surface area contributed by atoms with Gasteiger partial charge in [0.1, 0.15) is 12.4 Å². The minimum Gasteiger partial charge on any atom is -0.487 e. The molecule has 38 heavy (non-hydrogen) atoms. The van der Waals surface area contributed by atoms with Crippen molar-refractivity contribution in [2.24, 2.45) is 4.99 Å². The Morgan fingerprint density at radius 1 is 0.868 bits per heavy atom. The van der Waals surface area contributed by atoms with Gasteiger partial charge in [-0.15, -0.1) is 0 Å². The van der Waals surface area contributed by atoms with Crippen LogP contribution in [-0.2, 0) is 11.4 Å². The summed E-state index contributed by atoms with van der Waals surface area (Å²) in [6, 6.07) is 30.2. The predicted molar refractivity (Wildman–Crippen MR) is 175 cm³/mol. The lowest BCUT2D eigenvalue weighted by atomic mass is 10.2. The normalized spacial score (nSPS) is 15.5. The number of halogens is 2. The average molecular weight is 742 g/mol. The zero-order valence-electron chi connectivity index (χ0n) is 20.8. The molecule has 0 aliphatic carbocycles. The van der Waals surface area contributed by atoms with Crippen molar-refractivity contribution >= 4 is 85.5 Å². The van der Waals surface area contributed by atoms with Crippen molar-refractivity contribution < 1.29 is 9.53 Å². The molecule has 1 fully saturated rings. The third-order valence-corrected chi connectivity index (χ3v) is 8.47. The molecular formula is C31H24I2N2O2S. The summed E-state index contributed by atoms with van der Waals surface area (Å²) in [5, 5.41) is 0.640. The summed E-state index contributed by atoms with van der Waals surface area (Å²) in [6.07, 6.45) is 1.94. The number of aryl methyl sites for hydroxylation is 2. The van der Waals surface area contributed by atoms with Crippen LogP contribution in [0.25, 0.3) is 6.08 Å². The summed E-state index contributed by atoms with van der Waals surface area (Å²) < 4.78 is 8.13. The van der Waals surface area contributed by atoms with Gasteiger partial charge < -0.3 is 4.74 Å². The second-order valence-corrected chi connectivity index (χ2v) is 12.2. The van der Waals surface area contributed by atoms with Gasteiger partial charge >= 0.3 is 0 Å². The van der Waals surface area contributed by atoms with E-state index >= 15 is 0 Å². The van der Waals surface area contributed by atoms with Crippen molar-refractivity contribution in [3.05, 3.63) is 125 Å². The molecule has 0 spiro atoms. The maximum atomic E-state index is 13.7. The van der Waals surface area contributed by atoms with Crippen molar-refractivity contribution in [3.8, 4) is 5.75 Å². The third kappa shape index (κ3) is 6.32. The molecule has 1 saturated heterocycles. The van der Waals surface area contributed by atoms with Crippen LogP contribution in [0.3, 0.4) is 0 Å². The highest BCUT2D eigenvalue weighted by Crippen LogP contribution is 2.38. The molecule has 0 unspecified atom stereocenters. The lowest BCUT2D eigenvalue weighted by Crippen LogP contribution is -2.28. The zero-order chi connectivity index (χ0) is 26.6. The molecule has 1 aliphatic heterocycles. The Labute approximate surface area is 254 Å². The molecule has 1 aliphatic rings. The number of anilines is 1. The molecule has 0 bridgehead atoms. The van der Waals surface area contributed by atoms with Crippen LogP contribution < -0.4 is 9.64 Å². The van der Waals surface area contributed by atoms with Crippen molar-refractivity contribution in [1.29, 1.82) is 0 Å². The van der Waals surface area contributed by atoms with Gasteiger partial charge in [-0.25, -0.2) is 4.99 Å². The number of nitrogens with zero attached hydrogens (tertiary/aromatic N) is 2. The molecule has 1 amide bonds. The molecule has 0 saturated carbocycles. The maximum absolute atomic E-state index is 13.7. The molecule has 1 heterocycles. The van der Waals surface area contributed by atoms with E-state index in [1.165, 1.54) is 17.3 Å². The smallest absolute Gasteiger partial charge is 0.271 e. The Bertz CT molecular complexity index is 1510. The number of carbonyl (C=O) groups excluding carboxylic acids is 1. The van der Waals surface area contributed by atoms with Crippen LogP contribution in [0.2, 0.25) is 0 Å². The molecule has 0 atom stereocenters. The first-order chi connectivity index (χ1) is 18.4. The van der Waals surface area contributed by atoms with Gasteiger partial charge in [0.15, 0.2) is 5.17 Å². The fourth-order valence-corrected chi connectivity index (χ4v) is 7.01. The first kappa shape index (κ1) is 27.0.